The number of amides is 2. The van der Waals surface area contributed by atoms with Crippen LogP contribution in [0.15, 0.2) is 71.1 Å². The Balaban J connectivity index is 1.41. The molecule has 0 bridgehead atoms. The van der Waals surface area contributed by atoms with Gasteiger partial charge in [-0.25, -0.2) is 5.43 Å². The van der Waals surface area contributed by atoms with E-state index in [0.29, 0.717) is 21.2 Å². The third-order valence-corrected chi connectivity index (χ3v) is 6.53. The Labute approximate surface area is 179 Å². The second-order valence-corrected chi connectivity index (χ2v) is 8.40. The summed E-state index contributed by atoms with van der Waals surface area (Å²) in [6, 6.07) is 18.0. The molecule has 0 fully saturated rings. The molecule has 0 spiro atoms. The Morgan fingerprint density at radius 2 is 1.76 bits per heavy atom. The highest BCUT2D eigenvalue weighted by Crippen LogP contribution is 2.35. The minimum absolute atomic E-state index is 0.283. The topological polar surface area (TPSA) is 70.6 Å². The van der Waals surface area contributed by atoms with Crippen LogP contribution in [0, 0.1) is 0 Å². The van der Waals surface area contributed by atoms with Crippen molar-refractivity contribution in [1.29, 1.82) is 0 Å². The van der Waals surface area contributed by atoms with E-state index >= 15 is 0 Å². The normalized spacial score (nSPS) is 11.1. The molecule has 144 valence electrons. The molecule has 2 aromatic carbocycles. The highest BCUT2D eigenvalue weighted by atomic mass is 35.5. The fourth-order valence-electron chi connectivity index (χ4n) is 2.64. The molecule has 0 saturated carbocycles. The molecule has 2 aromatic heterocycles. The summed E-state index contributed by atoms with van der Waals surface area (Å²) >= 11 is 9.23. The summed E-state index contributed by atoms with van der Waals surface area (Å²) < 4.78 is 0.956. The van der Waals surface area contributed by atoms with Gasteiger partial charge in [0.05, 0.1) is 11.2 Å². The molecular weight excluding hydrogens is 426 g/mol. The fourth-order valence-corrected chi connectivity index (χ4v) is 4.63. The number of fused-ring (bicyclic) bond motifs is 1. The first kappa shape index (κ1) is 19.3. The number of carbonyl (C=O) groups excluding carboxylic acids is 2. The lowest BCUT2D eigenvalue weighted by molar-refractivity contribution is 0.0954. The van der Waals surface area contributed by atoms with E-state index in [1.54, 1.807) is 30.5 Å². The lowest BCUT2D eigenvalue weighted by Gasteiger charge is -2.05. The van der Waals surface area contributed by atoms with Gasteiger partial charge in [0, 0.05) is 26.2 Å². The van der Waals surface area contributed by atoms with Crippen LogP contribution in [0.2, 0.25) is 5.02 Å². The zero-order valence-electron chi connectivity index (χ0n) is 14.9. The summed E-state index contributed by atoms with van der Waals surface area (Å²) in [6.45, 7) is 0. The van der Waals surface area contributed by atoms with Gasteiger partial charge < -0.3 is 5.32 Å². The van der Waals surface area contributed by atoms with Gasteiger partial charge in [-0.3, -0.25) is 9.59 Å². The van der Waals surface area contributed by atoms with E-state index < -0.39 is 0 Å². The maximum Gasteiger partial charge on any atom is 0.271 e. The van der Waals surface area contributed by atoms with E-state index in [9.17, 15) is 9.59 Å². The van der Waals surface area contributed by atoms with Crippen LogP contribution >= 0.6 is 34.3 Å². The molecule has 0 aliphatic rings. The molecule has 0 atom stereocenters. The third-order valence-electron chi connectivity index (χ3n) is 4.05. The highest BCUT2D eigenvalue weighted by molar-refractivity contribution is 7.21. The van der Waals surface area contributed by atoms with E-state index in [2.05, 4.69) is 15.8 Å². The molecule has 0 saturated heterocycles. The van der Waals surface area contributed by atoms with Crippen LogP contribution in [0.25, 0.3) is 10.1 Å². The number of rotatable bonds is 5. The van der Waals surface area contributed by atoms with Crippen molar-refractivity contribution in [1.82, 2.24) is 5.43 Å². The standard InChI is InChI=1S/C21H14ClN3O2S2/c22-18-16-5-1-2-6-17(16)29-19(18)21(27)24-14-9-7-13(8-10-14)20(26)25-23-12-15-4-3-11-28-15/h1-12H,(H,24,27)(H,25,26)/b23-12-. The van der Waals surface area contributed by atoms with Gasteiger partial charge in [0.2, 0.25) is 0 Å². The van der Waals surface area contributed by atoms with Crippen LogP contribution in [0.1, 0.15) is 24.9 Å². The molecule has 2 heterocycles. The van der Waals surface area contributed by atoms with E-state index in [-0.39, 0.29) is 11.8 Å². The maximum atomic E-state index is 12.6. The molecule has 5 nitrogen and oxygen atoms in total. The number of nitrogens with one attached hydrogen (secondary N) is 2. The smallest absolute Gasteiger partial charge is 0.271 e. The van der Waals surface area contributed by atoms with Crippen molar-refractivity contribution in [2.75, 3.05) is 5.32 Å². The minimum atomic E-state index is -0.330. The van der Waals surface area contributed by atoms with Gasteiger partial charge >= 0.3 is 0 Å². The van der Waals surface area contributed by atoms with Gasteiger partial charge in [0.25, 0.3) is 11.8 Å². The fraction of sp³-hybridized carbons (Fsp3) is 0. The first-order valence-electron chi connectivity index (χ1n) is 8.57. The van der Waals surface area contributed by atoms with E-state index in [0.717, 1.165) is 15.0 Å². The van der Waals surface area contributed by atoms with Gasteiger partial charge in [-0.05, 0) is 41.8 Å². The molecule has 29 heavy (non-hydrogen) atoms. The maximum absolute atomic E-state index is 12.6. The summed E-state index contributed by atoms with van der Waals surface area (Å²) in [4.78, 5) is 26.1. The predicted octanol–water partition coefficient (Wildman–Crippen LogP) is 5.63. The molecule has 0 unspecified atom stereocenters. The second kappa shape index (κ2) is 8.57. The van der Waals surface area contributed by atoms with Gasteiger partial charge in [-0.2, -0.15) is 5.10 Å². The van der Waals surface area contributed by atoms with Crippen molar-refractivity contribution in [3.63, 3.8) is 0 Å². The zero-order chi connectivity index (χ0) is 20.2. The summed E-state index contributed by atoms with van der Waals surface area (Å²) in [5, 5.41) is 9.99. The van der Waals surface area contributed by atoms with Crippen molar-refractivity contribution >= 4 is 68.1 Å². The monoisotopic (exact) mass is 439 g/mol. The molecular formula is C21H14ClN3O2S2. The Kier molecular flexibility index (Phi) is 5.71. The summed E-state index contributed by atoms with van der Waals surface area (Å²) in [5.74, 6) is -0.614. The minimum Gasteiger partial charge on any atom is -0.321 e. The average molecular weight is 440 g/mol. The van der Waals surface area contributed by atoms with E-state index in [4.69, 9.17) is 11.6 Å². The number of thiophene rings is 2. The van der Waals surface area contributed by atoms with Crippen LogP contribution in [0.5, 0.6) is 0 Å². The number of hydrogen-bond donors (Lipinski definition) is 2. The lowest BCUT2D eigenvalue weighted by Crippen LogP contribution is -2.17. The van der Waals surface area contributed by atoms with E-state index in [1.165, 1.54) is 22.7 Å². The van der Waals surface area contributed by atoms with Crippen LogP contribution in [0.4, 0.5) is 5.69 Å². The van der Waals surface area contributed by atoms with Crippen molar-refractivity contribution in [3.05, 3.63) is 86.4 Å². The number of hydrogen-bond acceptors (Lipinski definition) is 5. The molecule has 4 aromatic rings. The van der Waals surface area contributed by atoms with Gasteiger partial charge in [0.1, 0.15) is 4.88 Å². The molecule has 2 N–H and O–H groups in total. The number of anilines is 1. The van der Waals surface area contributed by atoms with Gasteiger partial charge in [-0.15, -0.1) is 22.7 Å². The van der Waals surface area contributed by atoms with Crippen molar-refractivity contribution < 1.29 is 9.59 Å². The Bertz CT molecular complexity index is 1200. The first-order valence-corrected chi connectivity index (χ1v) is 10.6. The van der Waals surface area contributed by atoms with Crippen molar-refractivity contribution in [2.24, 2.45) is 5.10 Å². The molecule has 8 heteroatoms. The van der Waals surface area contributed by atoms with E-state index in [1.807, 2.05) is 41.8 Å². The number of hydrazone groups is 1. The van der Waals surface area contributed by atoms with Crippen LogP contribution in [-0.4, -0.2) is 18.0 Å². The van der Waals surface area contributed by atoms with Crippen molar-refractivity contribution in [3.8, 4) is 0 Å². The number of nitrogens with zero attached hydrogens (tertiary/aromatic N) is 1. The Morgan fingerprint density at radius 1 is 0.966 bits per heavy atom. The quantitative estimate of drug-likeness (QED) is 0.312. The number of carbonyl (C=O) groups is 2. The summed E-state index contributed by atoms with van der Waals surface area (Å²) in [7, 11) is 0. The summed E-state index contributed by atoms with van der Waals surface area (Å²) in [6.07, 6.45) is 1.59. The number of halogens is 1. The lowest BCUT2D eigenvalue weighted by atomic mass is 10.2. The Morgan fingerprint density at radius 3 is 2.48 bits per heavy atom. The largest absolute Gasteiger partial charge is 0.321 e. The van der Waals surface area contributed by atoms with Gasteiger partial charge in [0.15, 0.2) is 0 Å². The molecule has 4 rings (SSSR count). The van der Waals surface area contributed by atoms with Crippen LogP contribution < -0.4 is 10.7 Å². The van der Waals surface area contributed by atoms with Gasteiger partial charge in [-0.1, -0.05) is 35.9 Å². The highest BCUT2D eigenvalue weighted by Gasteiger charge is 2.17. The second-order valence-electron chi connectivity index (χ2n) is 5.99. The third kappa shape index (κ3) is 4.37. The van der Waals surface area contributed by atoms with Crippen LogP contribution in [0.3, 0.4) is 0 Å². The zero-order valence-corrected chi connectivity index (χ0v) is 17.3. The predicted molar refractivity (Wildman–Crippen MR) is 121 cm³/mol. The molecule has 0 aliphatic heterocycles. The number of benzene rings is 2. The molecule has 2 amide bonds. The van der Waals surface area contributed by atoms with Crippen LogP contribution in [-0.2, 0) is 0 Å². The SMILES string of the molecule is O=C(N/N=C\c1cccs1)c1ccc(NC(=O)c2sc3ccccc3c2Cl)cc1. The average Bonchev–Trinajstić information content (AvgIpc) is 3.37. The first-order chi connectivity index (χ1) is 14.1. The molecule has 0 radical (unpaired) electrons. The summed E-state index contributed by atoms with van der Waals surface area (Å²) in [5.41, 5.74) is 3.49. The Hall–Kier alpha value is -3.00. The van der Waals surface area contributed by atoms with Crippen molar-refractivity contribution in [2.45, 2.75) is 0 Å². The molecule has 0 aliphatic carbocycles.